The minimum absolute atomic E-state index is 0.216. The number of rotatable bonds is 10. The Balaban J connectivity index is 2.97. The molecule has 0 saturated heterocycles. The Morgan fingerprint density at radius 2 is 1.86 bits per heavy atom. The molecule has 0 aliphatic heterocycles. The second kappa shape index (κ2) is 10.8. The molecule has 1 atom stereocenters. The molecule has 0 unspecified atom stereocenters. The third kappa shape index (κ3) is 7.72. The molecule has 0 aromatic carbocycles. The number of hydrogen-bond acceptors (Lipinski definition) is 7. The molecule has 158 valence electrons. The van der Waals surface area contributed by atoms with Crippen molar-refractivity contribution in [1.82, 2.24) is 10.3 Å². The number of ketones is 1. The lowest BCUT2D eigenvalue weighted by Gasteiger charge is -2.25. The van der Waals surface area contributed by atoms with Gasteiger partial charge in [0, 0.05) is 37.4 Å². The molecule has 1 aromatic heterocycles. The van der Waals surface area contributed by atoms with Crippen molar-refractivity contribution in [1.29, 1.82) is 0 Å². The number of hydrogen-bond donors (Lipinski definition) is 1. The molecule has 1 rings (SSSR count). The first-order valence-electron chi connectivity index (χ1n) is 9.27. The molecule has 0 aliphatic rings. The Hall–Kier alpha value is -2.35. The van der Waals surface area contributed by atoms with Gasteiger partial charge in [0.1, 0.15) is 0 Å². The zero-order valence-electron chi connectivity index (χ0n) is 17.8. The van der Waals surface area contributed by atoms with Crippen LogP contribution in [-0.4, -0.2) is 55.9 Å². The summed E-state index contributed by atoms with van der Waals surface area (Å²) in [6.07, 6.45) is 0.488. The number of aromatic nitrogens is 1. The molecule has 28 heavy (non-hydrogen) atoms. The molecule has 1 N–H and O–H groups in total. The van der Waals surface area contributed by atoms with E-state index in [9.17, 15) is 9.59 Å². The molecule has 0 radical (unpaired) electrons. The van der Waals surface area contributed by atoms with Crippen molar-refractivity contribution in [3.63, 3.8) is 0 Å². The van der Waals surface area contributed by atoms with Gasteiger partial charge in [0.15, 0.2) is 11.9 Å². The average Bonchev–Trinajstić information content (AvgIpc) is 2.61. The summed E-state index contributed by atoms with van der Waals surface area (Å²) in [7, 11) is 3.09. The number of carbonyl (C=O) groups is 2. The van der Waals surface area contributed by atoms with Crippen molar-refractivity contribution in [2.75, 3.05) is 27.4 Å². The average molecular weight is 396 g/mol. The molecule has 0 spiro atoms. The summed E-state index contributed by atoms with van der Waals surface area (Å²) in [6.45, 7) is 10.1. The lowest BCUT2D eigenvalue weighted by molar-refractivity contribution is 0.0482. The van der Waals surface area contributed by atoms with E-state index in [0.717, 1.165) is 0 Å². The van der Waals surface area contributed by atoms with E-state index in [2.05, 4.69) is 10.3 Å². The Morgan fingerprint density at radius 1 is 1.18 bits per heavy atom. The monoisotopic (exact) mass is 396 g/mol. The van der Waals surface area contributed by atoms with Crippen molar-refractivity contribution < 1.29 is 28.5 Å². The largest absolute Gasteiger partial charge is 0.488 e. The molecule has 8 heteroatoms. The zero-order valence-corrected chi connectivity index (χ0v) is 17.8. The van der Waals surface area contributed by atoms with Crippen molar-refractivity contribution in [2.45, 2.75) is 52.7 Å². The van der Waals surface area contributed by atoms with E-state index in [1.165, 1.54) is 13.3 Å². The molecular weight excluding hydrogens is 364 g/mol. The Labute approximate surface area is 166 Å². The Morgan fingerprint density at radius 3 is 2.39 bits per heavy atom. The molecule has 1 amide bonds. The molecule has 0 fully saturated rings. The van der Waals surface area contributed by atoms with E-state index < -0.39 is 17.7 Å². The predicted molar refractivity (Wildman–Crippen MR) is 105 cm³/mol. The van der Waals surface area contributed by atoms with Gasteiger partial charge in [-0.2, -0.15) is 0 Å². The number of pyridine rings is 1. The van der Waals surface area contributed by atoms with Crippen molar-refractivity contribution >= 4 is 11.9 Å². The summed E-state index contributed by atoms with van der Waals surface area (Å²) >= 11 is 0. The third-order valence-corrected chi connectivity index (χ3v) is 3.62. The predicted octanol–water partition coefficient (Wildman–Crippen LogP) is 3.24. The van der Waals surface area contributed by atoms with E-state index in [4.69, 9.17) is 18.9 Å². The summed E-state index contributed by atoms with van der Waals surface area (Å²) in [6, 6.07) is 1.56. The number of carbonyl (C=O) groups excluding carboxylic acids is 2. The topological polar surface area (TPSA) is 96.0 Å². The zero-order chi connectivity index (χ0) is 21.3. The minimum atomic E-state index is -0.945. The fourth-order valence-electron chi connectivity index (χ4n) is 2.32. The number of amides is 1. The van der Waals surface area contributed by atoms with Gasteiger partial charge in [0.2, 0.25) is 5.78 Å². The highest BCUT2D eigenvalue weighted by Crippen LogP contribution is 2.27. The second-order valence-corrected chi connectivity index (χ2v) is 7.74. The van der Waals surface area contributed by atoms with E-state index in [1.54, 1.807) is 13.2 Å². The third-order valence-electron chi connectivity index (χ3n) is 3.62. The normalized spacial score (nSPS) is 12.4. The molecule has 0 aliphatic carbocycles. The second-order valence-electron chi connectivity index (χ2n) is 7.74. The Kier molecular flexibility index (Phi) is 9.18. The van der Waals surface area contributed by atoms with Crippen LogP contribution in [0.15, 0.2) is 12.3 Å². The van der Waals surface area contributed by atoms with Gasteiger partial charge in [-0.05, 0) is 32.8 Å². The molecule has 0 bridgehead atoms. The first-order valence-corrected chi connectivity index (χ1v) is 9.27. The van der Waals surface area contributed by atoms with Gasteiger partial charge in [0.25, 0.3) is 5.88 Å². The van der Waals surface area contributed by atoms with Gasteiger partial charge >= 0.3 is 6.09 Å². The number of nitrogens with zero attached hydrogens (tertiary/aromatic N) is 1. The fraction of sp³-hybridized carbons (Fsp3) is 0.650. The van der Waals surface area contributed by atoms with Crippen LogP contribution in [0.3, 0.4) is 0 Å². The molecule has 1 heterocycles. The van der Waals surface area contributed by atoms with Crippen LogP contribution in [0.5, 0.6) is 11.6 Å². The highest BCUT2D eigenvalue weighted by molar-refractivity contribution is 6.00. The smallest absolute Gasteiger partial charge is 0.408 e. The first-order chi connectivity index (χ1) is 13.1. The maximum absolute atomic E-state index is 13.0. The van der Waals surface area contributed by atoms with E-state index in [0.29, 0.717) is 25.4 Å². The van der Waals surface area contributed by atoms with Crippen molar-refractivity contribution in [3.05, 3.63) is 17.8 Å². The molecule has 8 nitrogen and oxygen atoms in total. The van der Waals surface area contributed by atoms with E-state index >= 15 is 0 Å². The Bertz CT molecular complexity index is 655. The van der Waals surface area contributed by atoms with Crippen LogP contribution in [0.25, 0.3) is 0 Å². The maximum Gasteiger partial charge on any atom is 0.408 e. The number of nitrogens with one attached hydrogen (secondary N) is 1. The van der Waals surface area contributed by atoms with Crippen LogP contribution >= 0.6 is 0 Å². The van der Waals surface area contributed by atoms with Gasteiger partial charge in [0.05, 0.1) is 13.7 Å². The van der Waals surface area contributed by atoms with Crippen LogP contribution in [0.4, 0.5) is 4.79 Å². The quantitative estimate of drug-likeness (QED) is 0.479. The number of methoxy groups -OCH3 is 2. The standard InChI is InChI=1S/C20H32N2O6/c1-13(2)17(28-19(24)22-20(3,4)5)16(23)14-11-15(18(26-7)21-12-14)27-10-8-9-25-6/h11-13,17H,8-10H2,1-7H3,(H,22,24)/t17-/m1/s1. The number of Topliss-reactive ketones (excluding diaryl/α,β-unsaturated/α-hetero) is 1. The highest BCUT2D eigenvalue weighted by Gasteiger charge is 2.29. The van der Waals surface area contributed by atoms with E-state index in [-0.39, 0.29) is 23.1 Å². The molecule has 1 aromatic rings. The van der Waals surface area contributed by atoms with Gasteiger partial charge in [-0.25, -0.2) is 9.78 Å². The number of alkyl carbamates (subject to hydrolysis) is 1. The lowest BCUT2D eigenvalue weighted by Crippen LogP contribution is -2.44. The summed E-state index contributed by atoms with van der Waals surface area (Å²) < 4.78 is 21.2. The van der Waals surface area contributed by atoms with Crippen LogP contribution in [-0.2, 0) is 9.47 Å². The fourth-order valence-corrected chi connectivity index (χ4v) is 2.32. The van der Waals surface area contributed by atoms with E-state index in [1.807, 2.05) is 34.6 Å². The van der Waals surface area contributed by atoms with Crippen molar-refractivity contribution in [3.8, 4) is 11.6 Å². The summed E-state index contributed by atoms with van der Waals surface area (Å²) in [4.78, 5) is 29.2. The van der Waals surface area contributed by atoms with Crippen LogP contribution in [0.2, 0.25) is 0 Å². The van der Waals surface area contributed by atoms with Gasteiger partial charge in [-0.1, -0.05) is 13.8 Å². The lowest BCUT2D eigenvalue weighted by atomic mass is 9.98. The summed E-state index contributed by atoms with van der Waals surface area (Å²) in [5.74, 6) is 0.0647. The van der Waals surface area contributed by atoms with Gasteiger partial charge in [-0.3, -0.25) is 4.79 Å². The van der Waals surface area contributed by atoms with Gasteiger partial charge < -0.3 is 24.3 Å². The van der Waals surface area contributed by atoms with Crippen LogP contribution in [0, 0.1) is 5.92 Å². The molecular formula is C20H32N2O6. The molecule has 0 saturated carbocycles. The van der Waals surface area contributed by atoms with Crippen LogP contribution in [0.1, 0.15) is 51.4 Å². The highest BCUT2D eigenvalue weighted by atomic mass is 16.6. The van der Waals surface area contributed by atoms with Crippen molar-refractivity contribution in [2.24, 2.45) is 5.92 Å². The van der Waals surface area contributed by atoms with Gasteiger partial charge in [-0.15, -0.1) is 0 Å². The first kappa shape index (κ1) is 23.7. The number of ether oxygens (including phenoxy) is 4. The van der Waals surface area contributed by atoms with Crippen LogP contribution < -0.4 is 14.8 Å². The SMILES string of the molecule is COCCCOc1cc(C(=O)[C@H](OC(=O)NC(C)(C)C)C(C)C)cnc1OC. The summed E-state index contributed by atoms with van der Waals surface area (Å²) in [5, 5.41) is 2.69. The minimum Gasteiger partial charge on any atom is -0.488 e. The summed E-state index contributed by atoms with van der Waals surface area (Å²) in [5.41, 5.74) is -0.184. The maximum atomic E-state index is 13.0.